The van der Waals surface area contributed by atoms with Gasteiger partial charge in [0.05, 0.1) is 11.6 Å². The van der Waals surface area contributed by atoms with Crippen LogP contribution in [0.2, 0.25) is 5.02 Å². The van der Waals surface area contributed by atoms with Crippen LogP contribution in [0.4, 0.5) is 5.69 Å². The van der Waals surface area contributed by atoms with Crippen molar-refractivity contribution in [2.45, 2.75) is 79.7 Å². The summed E-state index contributed by atoms with van der Waals surface area (Å²) < 4.78 is 12.0. The molecule has 0 fully saturated rings. The summed E-state index contributed by atoms with van der Waals surface area (Å²) in [6.45, 7) is 13.0. The summed E-state index contributed by atoms with van der Waals surface area (Å²) in [6, 6.07) is 21.3. The third-order valence-corrected chi connectivity index (χ3v) is 9.80. The lowest BCUT2D eigenvalue weighted by Gasteiger charge is -2.49. The maximum absolute atomic E-state index is 14.3. The minimum atomic E-state index is -0.598. The maximum Gasteiger partial charge on any atom is 0.262 e. The van der Waals surface area contributed by atoms with Gasteiger partial charge in [-0.2, -0.15) is 0 Å². The average Bonchev–Trinajstić information content (AvgIpc) is 3.01. The van der Waals surface area contributed by atoms with Gasteiger partial charge in [-0.25, -0.2) is 0 Å². The summed E-state index contributed by atoms with van der Waals surface area (Å²) in [4.78, 5) is 43.7. The Morgan fingerprint density at radius 2 is 1.49 bits per heavy atom. The first kappa shape index (κ1) is 34.5. The molecule has 0 saturated heterocycles. The molecule has 2 aliphatic carbocycles. The lowest BCUT2D eigenvalue weighted by molar-refractivity contribution is -0.120. The van der Waals surface area contributed by atoms with Crippen molar-refractivity contribution in [1.29, 1.82) is 0 Å². The number of carbonyl (C=O) groups is 3. The summed E-state index contributed by atoms with van der Waals surface area (Å²) in [5.74, 6) is -0.254. The quantitative estimate of drug-likeness (QED) is 0.243. The highest BCUT2D eigenvalue weighted by molar-refractivity contribution is 6.32. The van der Waals surface area contributed by atoms with Gasteiger partial charge in [-0.3, -0.25) is 14.4 Å². The zero-order chi connectivity index (χ0) is 35.1. The van der Waals surface area contributed by atoms with Crippen molar-refractivity contribution in [3.63, 3.8) is 0 Å². The fraction of sp³-hybridized carbons (Fsp3) is 0.390. The lowest BCUT2D eigenvalue weighted by atomic mass is 9.63. The highest BCUT2D eigenvalue weighted by Crippen LogP contribution is 2.55. The molecule has 0 aromatic heterocycles. The highest BCUT2D eigenvalue weighted by atomic mass is 35.5. The number of aryl methyl sites for hydroxylation is 1. The smallest absolute Gasteiger partial charge is 0.262 e. The number of ether oxygens (including phenoxy) is 2. The zero-order valence-electron chi connectivity index (χ0n) is 29.2. The van der Waals surface area contributed by atoms with Crippen molar-refractivity contribution in [1.82, 2.24) is 4.90 Å². The molecule has 6 rings (SSSR count). The number of allylic oxidation sites excluding steroid dienone is 4. The Morgan fingerprint density at radius 1 is 0.857 bits per heavy atom. The van der Waals surface area contributed by atoms with Crippen LogP contribution in [0.5, 0.6) is 11.5 Å². The predicted molar refractivity (Wildman–Crippen MR) is 193 cm³/mol. The number of ketones is 2. The van der Waals surface area contributed by atoms with Gasteiger partial charge in [0, 0.05) is 53.5 Å². The van der Waals surface area contributed by atoms with E-state index in [0.29, 0.717) is 67.0 Å². The van der Waals surface area contributed by atoms with Crippen LogP contribution in [-0.2, 0) is 20.9 Å². The molecule has 1 amide bonds. The Hall–Kier alpha value is -4.36. The third-order valence-electron chi connectivity index (χ3n) is 9.52. The van der Waals surface area contributed by atoms with E-state index in [1.165, 1.54) is 0 Å². The van der Waals surface area contributed by atoms with E-state index in [2.05, 4.69) is 50.0 Å². The number of nitrogens with one attached hydrogen (secondary N) is 1. The Kier molecular flexibility index (Phi) is 9.51. The first-order valence-electron chi connectivity index (χ1n) is 17.0. The number of benzene rings is 3. The minimum absolute atomic E-state index is 0.0423. The second kappa shape index (κ2) is 13.5. The molecule has 0 radical (unpaired) electrons. The topological polar surface area (TPSA) is 84.9 Å². The summed E-state index contributed by atoms with van der Waals surface area (Å²) in [6.07, 6.45) is 2.17. The van der Waals surface area contributed by atoms with E-state index >= 15 is 0 Å². The molecular formula is C41H45ClN2O5. The number of hydrogen-bond acceptors (Lipinski definition) is 6. The summed E-state index contributed by atoms with van der Waals surface area (Å²) in [5, 5.41) is 3.10. The highest BCUT2D eigenvalue weighted by Gasteiger charge is 2.49. The Balaban J connectivity index is 1.44. The van der Waals surface area contributed by atoms with Gasteiger partial charge in [0.2, 0.25) is 0 Å². The van der Waals surface area contributed by atoms with Crippen LogP contribution < -0.4 is 14.8 Å². The third kappa shape index (κ3) is 7.32. The van der Waals surface area contributed by atoms with Gasteiger partial charge in [0.15, 0.2) is 29.7 Å². The van der Waals surface area contributed by atoms with Crippen LogP contribution in [0.3, 0.4) is 0 Å². The van der Waals surface area contributed by atoms with Crippen LogP contribution in [0.1, 0.15) is 82.9 Å². The molecule has 0 atom stereocenters. The van der Waals surface area contributed by atoms with Gasteiger partial charge < -0.3 is 19.7 Å². The molecule has 3 aromatic rings. The molecule has 8 heteroatoms. The molecule has 1 N–H and O–H groups in total. The molecular weight excluding hydrogens is 636 g/mol. The van der Waals surface area contributed by atoms with E-state index in [9.17, 15) is 14.4 Å². The fourth-order valence-corrected chi connectivity index (χ4v) is 7.83. The van der Waals surface area contributed by atoms with E-state index in [-0.39, 0.29) is 45.7 Å². The molecule has 1 heterocycles. The van der Waals surface area contributed by atoms with Crippen molar-refractivity contribution in [2.24, 2.45) is 10.8 Å². The van der Waals surface area contributed by atoms with Gasteiger partial charge in [-0.1, -0.05) is 81.8 Å². The number of nitrogens with zero attached hydrogens (tertiary/aromatic N) is 1. The zero-order valence-corrected chi connectivity index (χ0v) is 30.0. The van der Waals surface area contributed by atoms with Gasteiger partial charge >= 0.3 is 0 Å². The van der Waals surface area contributed by atoms with Gasteiger partial charge in [-0.05, 0) is 78.5 Å². The average molecular weight is 681 g/mol. The van der Waals surface area contributed by atoms with Crippen molar-refractivity contribution >= 4 is 34.8 Å². The Morgan fingerprint density at radius 3 is 2.08 bits per heavy atom. The number of hydrogen-bond donors (Lipinski definition) is 1. The number of Topliss-reactive ketones (excluding diaryl/α,β-unsaturated/α-hetero) is 2. The molecule has 49 heavy (non-hydrogen) atoms. The molecule has 3 aliphatic rings. The summed E-state index contributed by atoms with van der Waals surface area (Å²) in [7, 11) is 0. The van der Waals surface area contributed by atoms with Crippen molar-refractivity contribution < 1.29 is 23.9 Å². The van der Waals surface area contributed by atoms with Crippen LogP contribution in [0.15, 0.2) is 89.3 Å². The Labute approximate surface area is 294 Å². The van der Waals surface area contributed by atoms with E-state index in [4.69, 9.17) is 21.1 Å². The van der Waals surface area contributed by atoms with Crippen LogP contribution in [0.25, 0.3) is 0 Å². The monoisotopic (exact) mass is 680 g/mol. The molecule has 7 nitrogen and oxygen atoms in total. The number of anilines is 1. The lowest BCUT2D eigenvalue weighted by Crippen LogP contribution is -2.44. The standard InChI is InChI=1S/C41H45ClN2O5/c1-7-48-34-18-27(17-29(42)39(34)49-24-35(47)43-28-15-11-12-25(2)16-28)36-37-30(19-40(3,4)21-32(37)45)44(23-26-13-9-8-10-14-26)31-20-41(5,6)22-33(46)38(31)36/h8-18,36H,7,19-24H2,1-6H3,(H,43,47). The maximum atomic E-state index is 14.3. The minimum Gasteiger partial charge on any atom is -0.490 e. The summed E-state index contributed by atoms with van der Waals surface area (Å²) in [5.41, 5.74) is 6.29. The summed E-state index contributed by atoms with van der Waals surface area (Å²) >= 11 is 6.95. The number of rotatable bonds is 9. The number of amides is 1. The predicted octanol–water partition coefficient (Wildman–Crippen LogP) is 8.95. The van der Waals surface area contributed by atoms with Crippen molar-refractivity contribution in [2.75, 3.05) is 18.5 Å². The molecule has 0 saturated carbocycles. The van der Waals surface area contributed by atoms with Crippen LogP contribution in [0, 0.1) is 17.8 Å². The molecule has 1 aliphatic heterocycles. The second-order valence-corrected chi connectivity index (χ2v) is 15.5. The normalized spacial score (nSPS) is 18.6. The van der Waals surface area contributed by atoms with Crippen molar-refractivity contribution in [3.8, 4) is 11.5 Å². The van der Waals surface area contributed by atoms with Crippen LogP contribution in [-0.4, -0.2) is 35.6 Å². The van der Waals surface area contributed by atoms with Crippen LogP contribution >= 0.6 is 11.6 Å². The van der Waals surface area contributed by atoms with Gasteiger partial charge in [0.1, 0.15) is 0 Å². The number of halogens is 1. The first-order chi connectivity index (χ1) is 23.2. The van der Waals surface area contributed by atoms with E-state index in [0.717, 1.165) is 22.5 Å². The SMILES string of the molecule is CCOc1cc(C2C3=C(CC(C)(C)CC3=O)N(Cc3ccccc3)C3=C2C(=O)CC(C)(C)C3)cc(Cl)c1OCC(=O)Nc1cccc(C)c1. The molecule has 256 valence electrons. The fourth-order valence-electron chi connectivity index (χ4n) is 7.55. The molecule has 0 spiro atoms. The second-order valence-electron chi connectivity index (χ2n) is 15.1. The molecule has 0 unspecified atom stereocenters. The van der Waals surface area contributed by atoms with Gasteiger partial charge in [0.25, 0.3) is 5.91 Å². The van der Waals surface area contributed by atoms with Crippen molar-refractivity contribution in [3.05, 3.63) is 111 Å². The first-order valence-corrected chi connectivity index (χ1v) is 17.4. The van der Waals surface area contributed by atoms with E-state index in [1.807, 2.05) is 62.4 Å². The van der Waals surface area contributed by atoms with E-state index in [1.54, 1.807) is 6.07 Å². The molecule has 3 aromatic carbocycles. The van der Waals surface area contributed by atoms with E-state index < -0.39 is 5.92 Å². The molecule has 0 bridgehead atoms. The largest absolute Gasteiger partial charge is 0.490 e. The Bertz CT molecular complexity index is 1820. The number of carbonyl (C=O) groups excluding carboxylic acids is 3. The van der Waals surface area contributed by atoms with Gasteiger partial charge in [-0.15, -0.1) is 0 Å².